The molecule has 7 nitrogen and oxygen atoms in total. The number of aryl methyl sites for hydroxylation is 1. The van der Waals surface area contributed by atoms with Crippen LogP contribution in [0.3, 0.4) is 0 Å². The van der Waals surface area contributed by atoms with Gasteiger partial charge in [-0.15, -0.1) is 0 Å². The number of amides is 1. The van der Waals surface area contributed by atoms with Gasteiger partial charge in [0.25, 0.3) is 11.5 Å². The van der Waals surface area contributed by atoms with Crippen LogP contribution >= 0.6 is 0 Å². The number of ether oxygens (including phenoxy) is 2. The Hall–Kier alpha value is -3.61. The van der Waals surface area contributed by atoms with E-state index in [4.69, 9.17) is 9.47 Å². The lowest BCUT2D eigenvalue weighted by Gasteiger charge is -2.12. The summed E-state index contributed by atoms with van der Waals surface area (Å²) in [5.74, 6) is 0.818. The van der Waals surface area contributed by atoms with Crippen LogP contribution in [0.5, 0.6) is 11.5 Å². The highest BCUT2D eigenvalue weighted by atomic mass is 16.5. The minimum Gasteiger partial charge on any atom is -0.490 e. The van der Waals surface area contributed by atoms with E-state index < -0.39 is 0 Å². The predicted octanol–water partition coefficient (Wildman–Crippen LogP) is 2.81. The fraction of sp³-hybridized carbons (Fsp3) is 0.261. The van der Waals surface area contributed by atoms with Crippen LogP contribution in [0.25, 0.3) is 11.3 Å². The Morgan fingerprint density at radius 2 is 1.70 bits per heavy atom. The summed E-state index contributed by atoms with van der Waals surface area (Å²) >= 11 is 0. The number of carbonyl (C=O) groups is 1. The number of hydrogen-bond acceptors (Lipinski definition) is 5. The number of benzene rings is 2. The van der Waals surface area contributed by atoms with Gasteiger partial charge in [-0.2, -0.15) is 5.10 Å². The van der Waals surface area contributed by atoms with Crippen LogP contribution in [0.2, 0.25) is 0 Å². The standard InChI is InChI=1S/C23H25N3O4/c1-3-29-20-6-4-5-7-21(20)30-16-22(27)24-14-15-26-23(28)13-12-19(25-26)18-10-8-17(2)9-11-18/h4-13H,3,14-16H2,1-2H3,(H,24,27). The van der Waals surface area contributed by atoms with Gasteiger partial charge in [-0.1, -0.05) is 42.0 Å². The summed E-state index contributed by atoms with van der Waals surface area (Å²) in [5, 5.41) is 7.14. The molecule has 0 radical (unpaired) electrons. The van der Waals surface area contributed by atoms with Crippen LogP contribution in [0.4, 0.5) is 0 Å². The minimum absolute atomic E-state index is 0.143. The Kier molecular flexibility index (Phi) is 7.21. The number of hydrogen-bond donors (Lipinski definition) is 1. The average molecular weight is 407 g/mol. The molecule has 1 aromatic heterocycles. The third kappa shape index (κ3) is 5.70. The molecule has 0 saturated heterocycles. The minimum atomic E-state index is -0.288. The zero-order valence-corrected chi connectivity index (χ0v) is 17.1. The van der Waals surface area contributed by atoms with Gasteiger partial charge in [-0.05, 0) is 32.0 Å². The summed E-state index contributed by atoms with van der Waals surface area (Å²) in [6.45, 7) is 4.79. The zero-order chi connectivity index (χ0) is 21.3. The van der Waals surface area contributed by atoms with E-state index in [9.17, 15) is 9.59 Å². The molecule has 3 rings (SSSR count). The molecule has 3 aromatic rings. The Morgan fingerprint density at radius 3 is 2.40 bits per heavy atom. The molecule has 1 N–H and O–H groups in total. The van der Waals surface area contributed by atoms with E-state index in [-0.39, 0.29) is 31.2 Å². The maximum Gasteiger partial charge on any atom is 0.266 e. The monoisotopic (exact) mass is 407 g/mol. The lowest BCUT2D eigenvalue weighted by Crippen LogP contribution is -2.34. The van der Waals surface area contributed by atoms with Crippen molar-refractivity contribution in [1.29, 1.82) is 0 Å². The second-order valence-electron chi connectivity index (χ2n) is 6.66. The van der Waals surface area contributed by atoms with Crippen LogP contribution in [-0.2, 0) is 11.3 Å². The molecule has 30 heavy (non-hydrogen) atoms. The SMILES string of the molecule is CCOc1ccccc1OCC(=O)NCCn1nc(-c2ccc(C)cc2)ccc1=O. The van der Waals surface area contributed by atoms with Gasteiger partial charge in [0.15, 0.2) is 18.1 Å². The van der Waals surface area contributed by atoms with Crippen LogP contribution in [0.15, 0.2) is 65.5 Å². The van der Waals surface area contributed by atoms with Crippen LogP contribution in [0.1, 0.15) is 12.5 Å². The number of para-hydroxylation sites is 2. The second-order valence-corrected chi connectivity index (χ2v) is 6.66. The van der Waals surface area contributed by atoms with E-state index in [0.29, 0.717) is 23.8 Å². The van der Waals surface area contributed by atoms with Crippen LogP contribution in [0, 0.1) is 6.92 Å². The normalized spacial score (nSPS) is 10.5. The number of rotatable bonds is 9. The number of nitrogens with one attached hydrogen (secondary N) is 1. The molecule has 0 bridgehead atoms. The van der Waals surface area contributed by atoms with Gasteiger partial charge in [0.1, 0.15) is 0 Å². The molecule has 1 heterocycles. The summed E-state index contributed by atoms with van der Waals surface area (Å²) in [6, 6.07) is 18.3. The molecule has 0 fully saturated rings. The molecular weight excluding hydrogens is 382 g/mol. The molecule has 0 aliphatic rings. The van der Waals surface area contributed by atoms with Crippen LogP contribution < -0.4 is 20.3 Å². The number of carbonyl (C=O) groups excluding carboxylic acids is 1. The molecule has 156 valence electrons. The Morgan fingerprint density at radius 1 is 1.00 bits per heavy atom. The number of aromatic nitrogens is 2. The lowest BCUT2D eigenvalue weighted by atomic mass is 10.1. The molecule has 0 aliphatic heterocycles. The highest BCUT2D eigenvalue weighted by molar-refractivity contribution is 5.77. The van der Waals surface area contributed by atoms with Crippen molar-refractivity contribution >= 4 is 5.91 Å². The first-order valence-electron chi connectivity index (χ1n) is 9.83. The molecule has 0 spiro atoms. The Balaban J connectivity index is 1.53. The van der Waals surface area contributed by atoms with E-state index in [1.165, 1.54) is 10.7 Å². The zero-order valence-electron chi connectivity index (χ0n) is 17.1. The predicted molar refractivity (Wildman–Crippen MR) is 115 cm³/mol. The van der Waals surface area contributed by atoms with Gasteiger partial charge in [-0.3, -0.25) is 9.59 Å². The summed E-state index contributed by atoms with van der Waals surface area (Å²) in [5.41, 5.74) is 2.57. The van der Waals surface area contributed by atoms with E-state index in [0.717, 1.165) is 11.1 Å². The molecular formula is C23H25N3O4. The fourth-order valence-corrected chi connectivity index (χ4v) is 2.83. The van der Waals surface area contributed by atoms with Gasteiger partial charge in [0.05, 0.1) is 18.8 Å². The van der Waals surface area contributed by atoms with E-state index in [1.807, 2.05) is 50.2 Å². The Bertz CT molecular complexity index is 1040. The third-order valence-corrected chi connectivity index (χ3v) is 4.37. The second kappa shape index (κ2) is 10.2. The quantitative estimate of drug-likeness (QED) is 0.590. The average Bonchev–Trinajstić information content (AvgIpc) is 2.75. The molecule has 7 heteroatoms. The maximum atomic E-state index is 12.1. The van der Waals surface area contributed by atoms with Crippen molar-refractivity contribution in [3.05, 3.63) is 76.6 Å². The Labute approximate surface area is 175 Å². The van der Waals surface area contributed by atoms with E-state index >= 15 is 0 Å². The van der Waals surface area contributed by atoms with Crippen molar-refractivity contribution in [3.63, 3.8) is 0 Å². The highest BCUT2D eigenvalue weighted by Gasteiger charge is 2.08. The first kappa shape index (κ1) is 21.1. The van der Waals surface area contributed by atoms with Crippen molar-refractivity contribution in [3.8, 4) is 22.8 Å². The third-order valence-electron chi connectivity index (χ3n) is 4.37. The maximum absolute atomic E-state index is 12.1. The number of nitrogens with zero attached hydrogens (tertiary/aromatic N) is 2. The first-order chi connectivity index (χ1) is 14.6. The summed E-state index contributed by atoms with van der Waals surface area (Å²) < 4.78 is 12.4. The van der Waals surface area contributed by atoms with E-state index in [2.05, 4.69) is 10.4 Å². The van der Waals surface area contributed by atoms with Crippen LogP contribution in [-0.4, -0.2) is 35.4 Å². The molecule has 2 aromatic carbocycles. The highest BCUT2D eigenvalue weighted by Crippen LogP contribution is 2.26. The molecule has 0 saturated carbocycles. The molecule has 0 atom stereocenters. The smallest absolute Gasteiger partial charge is 0.266 e. The summed E-state index contributed by atoms with van der Waals surface area (Å²) in [6.07, 6.45) is 0. The molecule has 0 aliphatic carbocycles. The summed E-state index contributed by atoms with van der Waals surface area (Å²) in [7, 11) is 0. The van der Waals surface area contributed by atoms with Gasteiger partial charge < -0.3 is 14.8 Å². The molecule has 1 amide bonds. The van der Waals surface area contributed by atoms with Gasteiger partial charge in [0.2, 0.25) is 0 Å². The summed E-state index contributed by atoms with van der Waals surface area (Å²) in [4.78, 5) is 24.2. The van der Waals surface area contributed by atoms with Gasteiger partial charge >= 0.3 is 0 Å². The fourth-order valence-electron chi connectivity index (χ4n) is 2.83. The van der Waals surface area contributed by atoms with Crippen molar-refractivity contribution < 1.29 is 14.3 Å². The van der Waals surface area contributed by atoms with Gasteiger partial charge in [-0.25, -0.2) is 4.68 Å². The molecule has 0 unspecified atom stereocenters. The van der Waals surface area contributed by atoms with Crippen molar-refractivity contribution in [1.82, 2.24) is 15.1 Å². The van der Waals surface area contributed by atoms with Gasteiger partial charge in [0, 0.05) is 18.2 Å². The largest absolute Gasteiger partial charge is 0.490 e. The van der Waals surface area contributed by atoms with Crippen molar-refractivity contribution in [2.75, 3.05) is 19.8 Å². The van der Waals surface area contributed by atoms with Crippen molar-refractivity contribution in [2.45, 2.75) is 20.4 Å². The first-order valence-corrected chi connectivity index (χ1v) is 9.83. The van der Waals surface area contributed by atoms with E-state index in [1.54, 1.807) is 18.2 Å². The topological polar surface area (TPSA) is 82.4 Å². The van der Waals surface area contributed by atoms with Crippen molar-refractivity contribution in [2.24, 2.45) is 0 Å². The lowest BCUT2D eigenvalue weighted by molar-refractivity contribution is -0.123.